The van der Waals surface area contributed by atoms with E-state index in [2.05, 4.69) is 6.92 Å². The molecule has 2 aliphatic rings. The highest BCUT2D eigenvalue weighted by atomic mass is 16.5. The Balaban J connectivity index is 2.13. The number of hydrogen-bond donors (Lipinski definition) is 1. The van der Waals surface area contributed by atoms with Crippen LogP contribution in [0.15, 0.2) is 12.1 Å². The van der Waals surface area contributed by atoms with E-state index >= 15 is 0 Å². The van der Waals surface area contributed by atoms with Gasteiger partial charge in [-0.1, -0.05) is 0 Å². The van der Waals surface area contributed by atoms with Gasteiger partial charge in [0.2, 0.25) is 0 Å². The molecule has 1 saturated heterocycles. The van der Waals surface area contributed by atoms with E-state index in [4.69, 9.17) is 19.9 Å². The minimum absolute atomic E-state index is 0.0886. The number of hydrogen-bond acceptors (Lipinski definition) is 4. The van der Waals surface area contributed by atoms with Crippen LogP contribution >= 0.6 is 0 Å². The lowest BCUT2D eigenvalue weighted by atomic mass is 9.69. The fraction of sp³-hybridized carbons (Fsp3) is 0.600. The van der Waals surface area contributed by atoms with Gasteiger partial charge in [0.05, 0.1) is 32.8 Å². The van der Waals surface area contributed by atoms with Gasteiger partial charge >= 0.3 is 0 Å². The van der Waals surface area contributed by atoms with Crippen molar-refractivity contribution in [1.29, 1.82) is 0 Å². The van der Waals surface area contributed by atoms with Crippen LogP contribution in [0.4, 0.5) is 0 Å². The maximum Gasteiger partial charge on any atom is 0.126 e. The minimum atomic E-state index is -0.127. The van der Waals surface area contributed by atoms with Crippen LogP contribution in [0.25, 0.3) is 0 Å². The van der Waals surface area contributed by atoms with Crippen molar-refractivity contribution in [2.24, 2.45) is 5.73 Å². The van der Waals surface area contributed by atoms with Crippen LogP contribution < -0.4 is 15.2 Å². The molecule has 1 heterocycles. The number of benzene rings is 1. The minimum Gasteiger partial charge on any atom is -0.497 e. The van der Waals surface area contributed by atoms with E-state index in [1.807, 2.05) is 12.1 Å². The third kappa shape index (κ3) is 1.66. The summed E-state index contributed by atoms with van der Waals surface area (Å²) >= 11 is 0. The normalized spacial score (nSPS) is 22.5. The molecule has 0 aromatic heterocycles. The molecule has 104 valence electrons. The predicted octanol–water partition coefficient (Wildman–Crippen LogP) is 1.77. The maximum absolute atomic E-state index is 6.52. The highest BCUT2D eigenvalue weighted by Gasteiger charge is 2.62. The Morgan fingerprint density at radius 2 is 1.84 bits per heavy atom. The molecule has 1 saturated carbocycles. The molecule has 0 spiro atoms. The van der Waals surface area contributed by atoms with Gasteiger partial charge in [-0.25, -0.2) is 0 Å². The lowest BCUT2D eigenvalue weighted by Crippen LogP contribution is -2.61. The molecule has 1 aromatic carbocycles. The Kier molecular flexibility index (Phi) is 2.76. The van der Waals surface area contributed by atoms with E-state index < -0.39 is 0 Å². The van der Waals surface area contributed by atoms with Gasteiger partial charge in [-0.15, -0.1) is 0 Å². The average Bonchev–Trinajstić information content (AvgIpc) is 3.08. The van der Waals surface area contributed by atoms with Gasteiger partial charge in [0, 0.05) is 17.2 Å². The summed E-state index contributed by atoms with van der Waals surface area (Å²) in [5, 5.41) is 0. The first-order chi connectivity index (χ1) is 9.06. The summed E-state index contributed by atoms with van der Waals surface area (Å²) in [6.45, 7) is 3.46. The highest BCUT2D eigenvalue weighted by molar-refractivity contribution is 5.54. The third-order valence-electron chi connectivity index (χ3n) is 4.65. The van der Waals surface area contributed by atoms with Crippen molar-refractivity contribution in [3.05, 3.63) is 23.3 Å². The van der Waals surface area contributed by atoms with Crippen molar-refractivity contribution in [2.75, 3.05) is 27.4 Å². The first-order valence-corrected chi connectivity index (χ1v) is 6.66. The third-order valence-corrected chi connectivity index (χ3v) is 4.65. The van der Waals surface area contributed by atoms with Gasteiger partial charge in [0.1, 0.15) is 11.5 Å². The van der Waals surface area contributed by atoms with Crippen molar-refractivity contribution in [3.8, 4) is 11.5 Å². The topological polar surface area (TPSA) is 53.7 Å². The summed E-state index contributed by atoms with van der Waals surface area (Å²) in [5.41, 5.74) is 8.66. The van der Waals surface area contributed by atoms with Crippen LogP contribution in [0.5, 0.6) is 11.5 Å². The molecule has 19 heavy (non-hydrogen) atoms. The quantitative estimate of drug-likeness (QED) is 0.899. The summed E-state index contributed by atoms with van der Waals surface area (Å²) in [4.78, 5) is 0. The van der Waals surface area contributed by atoms with Gasteiger partial charge in [-0.2, -0.15) is 0 Å². The predicted molar refractivity (Wildman–Crippen MR) is 72.9 cm³/mol. The zero-order chi connectivity index (χ0) is 13.7. The number of nitrogens with two attached hydrogens (primary N) is 1. The molecule has 2 N–H and O–H groups in total. The molecule has 3 rings (SSSR count). The van der Waals surface area contributed by atoms with Crippen molar-refractivity contribution in [1.82, 2.24) is 0 Å². The fourth-order valence-electron chi connectivity index (χ4n) is 3.22. The average molecular weight is 263 g/mol. The Labute approximate surface area is 113 Å². The largest absolute Gasteiger partial charge is 0.497 e. The van der Waals surface area contributed by atoms with Crippen molar-refractivity contribution in [3.63, 3.8) is 0 Å². The second-order valence-corrected chi connectivity index (χ2v) is 5.75. The summed E-state index contributed by atoms with van der Waals surface area (Å²) < 4.78 is 16.4. The number of methoxy groups -OCH3 is 2. The maximum atomic E-state index is 6.52. The van der Waals surface area contributed by atoms with Gasteiger partial charge in [-0.05, 0) is 31.4 Å². The van der Waals surface area contributed by atoms with Crippen molar-refractivity contribution >= 4 is 0 Å². The first-order valence-electron chi connectivity index (χ1n) is 6.66. The Morgan fingerprint density at radius 3 is 2.26 bits per heavy atom. The fourth-order valence-corrected chi connectivity index (χ4v) is 3.22. The Hall–Kier alpha value is -1.26. The van der Waals surface area contributed by atoms with Crippen molar-refractivity contribution in [2.45, 2.75) is 30.7 Å². The number of aryl methyl sites for hydroxylation is 1. The molecule has 4 heteroatoms. The lowest BCUT2D eigenvalue weighted by Gasteiger charge is -2.48. The van der Waals surface area contributed by atoms with E-state index in [9.17, 15) is 0 Å². The Morgan fingerprint density at radius 1 is 1.16 bits per heavy atom. The monoisotopic (exact) mass is 263 g/mol. The standard InChI is InChI=1S/C15H21NO3/c1-10-6-11(17-2)7-12(18-3)13(10)14(8-19-9-14)15(16)4-5-15/h6-7H,4-5,8-9,16H2,1-3H3. The van der Waals surface area contributed by atoms with Crippen molar-refractivity contribution < 1.29 is 14.2 Å². The molecule has 2 fully saturated rings. The molecular weight excluding hydrogens is 242 g/mol. The summed E-state index contributed by atoms with van der Waals surface area (Å²) in [6.07, 6.45) is 2.12. The molecule has 0 radical (unpaired) electrons. The Bertz CT molecular complexity index is 504. The molecule has 0 amide bonds. The van der Waals surface area contributed by atoms with E-state index in [0.717, 1.165) is 29.9 Å². The van der Waals surface area contributed by atoms with Gasteiger partial charge in [0.15, 0.2) is 0 Å². The second kappa shape index (κ2) is 4.12. The SMILES string of the molecule is COc1cc(C)c(C2(C3(N)CC3)COC2)c(OC)c1. The molecular formula is C15H21NO3. The van der Waals surface area contributed by atoms with E-state index in [-0.39, 0.29) is 11.0 Å². The van der Waals surface area contributed by atoms with Crippen LogP contribution in [0.2, 0.25) is 0 Å². The van der Waals surface area contributed by atoms with Crippen LogP contribution in [-0.4, -0.2) is 33.0 Å². The second-order valence-electron chi connectivity index (χ2n) is 5.75. The molecule has 4 nitrogen and oxygen atoms in total. The zero-order valence-electron chi connectivity index (χ0n) is 11.8. The zero-order valence-corrected chi connectivity index (χ0v) is 11.8. The number of rotatable bonds is 4. The van der Waals surface area contributed by atoms with Gasteiger partial charge < -0.3 is 19.9 Å². The molecule has 1 aliphatic carbocycles. The van der Waals surface area contributed by atoms with E-state index in [1.54, 1.807) is 14.2 Å². The lowest BCUT2D eigenvalue weighted by molar-refractivity contribution is -0.0798. The number of ether oxygens (including phenoxy) is 3. The molecule has 0 atom stereocenters. The van der Waals surface area contributed by atoms with Crippen LogP contribution in [0, 0.1) is 6.92 Å². The van der Waals surface area contributed by atoms with Gasteiger partial charge in [0.25, 0.3) is 0 Å². The molecule has 0 bridgehead atoms. The van der Waals surface area contributed by atoms with Crippen LogP contribution in [0.1, 0.15) is 24.0 Å². The van der Waals surface area contributed by atoms with E-state index in [1.165, 1.54) is 5.56 Å². The summed E-state index contributed by atoms with van der Waals surface area (Å²) in [7, 11) is 3.36. The molecule has 1 aromatic rings. The summed E-state index contributed by atoms with van der Waals surface area (Å²) in [6, 6.07) is 3.98. The first kappa shape index (κ1) is 12.8. The molecule has 0 unspecified atom stereocenters. The van der Waals surface area contributed by atoms with Gasteiger partial charge in [-0.3, -0.25) is 0 Å². The smallest absolute Gasteiger partial charge is 0.126 e. The summed E-state index contributed by atoms with van der Waals surface area (Å²) in [5.74, 6) is 1.67. The van der Waals surface area contributed by atoms with Crippen LogP contribution in [0.3, 0.4) is 0 Å². The highest BCUT2D eigenvalue weighted by Crippen LogP contribution is 2.56. The van der Waals surface area contributed by atoms with Crippen LogP contribution in [-0.2, 0) is 10.2 Å². The van der Waals surface area contributed by atoms with E-state index in [0.29, 0.717) is 13.2 Å². The molecule has 1 aliphatic heterocycles.